The standard InChI is InChI=1S/C29H29FN2O3/c1-15-6-4-5-7-18(15)20-12-25(32(2)3)21-11-24(30)17(9-19(20)21)14-35-26-10-16-8-22-27(23(16)13-31-26)28(22)29(33)34/h4-7,9-11,13,20,22,25,27-28H,8,12,14H2,1-3H3,(H,33,34)/t20-,22+,25+,27+,28-/m0/s1. The molecule has 1 fully saturated rings. The maximum absolute atomic E-state index is 15.2. The second kappa shape index (κ2) is 8.16. The molecule has 1 saturated carbocycles. The highest BCUT2D eigenvalue weighted by Crippen LogP contribution is 2.61. The number of carboxylic acid groups (broad SMARTS) is 1. The molecule has 0 radical (unpaired) electrons. The van der Waals surface area contributed by atoms with Crippen LogP contribution in [0.25, 0.3) is 0 Å². The number of benzene rings is 2. The number of aryl methyl sites for hydroxylation is 1. The zero-order valence-corrected chi connectivity index (χ0v) is 20.2. The summed E-state index contributed by atoms with van der Waals surface area (Å²) in [5, 5.41) is 9.31. The predicted molar refractivity (Wildman–Crippen MR) is 130 cm³/mol. The molecule has 5 nitrogen and oxygen atoms in total. The first-order valence-electron chi connectivity index (χ1n) is 12.2. The molecule has 35 heavy (non-hydrogen) atoms. The van der Waals surface area contributed by atoms with E-state index in [0.717, 1.165) is 29.5 Å². The van der Waals surface area contributed by atoms with E-state index in [2.05, 4.69) is 41.1 Å². The van der Waals surface area contributed by atoms with Gasteiger partial charge in [0.05, 0.1) is 5.92 Å². The number of aromatic nitrogens is 1. The fourth-order valence-corrected chi connectivity index (χ4v) is 6.43. The van der Waals surface area contributed by atoms with Crippen molar-refractivity contribution in [2.75, 3.05) is 14.1 Å². The summed E-state index contributed by atoms with van der Waals surface area (Å²) >= 11 is 0. The van der Waals surface area contributed by atoms with Crippen molar-refractivity contribution in [3.63, 3.8) is 0 Å². The van der Waals surface area contributed by atoms with Crippen molar-refractivity contribution in [2.45, 2.75) is 44.2 Å². The third-order valence-corrected chi connectivity index (χ3v) is 8.28. The van der Waals surface area contributed by atoms with E-state index in [1.165, 1.54) is 16.7 Å². The van der Waals surface area contributed by atoms with Gasteiger partial charge in [0, 0.05) is 35.7 Å². The van der Waals surface area contributed by atoms with E-state index < -0.39 is 5.97 Å². The van der Waals surface area contributed by atoms with Gasteiger partial charge >= 0.3 is 5.97 Å². The number of carbonyl (C=O) groups is 1. The summed E-state index contributed by atoms with van der Waals surface area (Å²) in [4.78, 5) is 17.9. The van der Waals surface area contributed by atoms with Crippen molar-refractivity contribution in [3.05, 3.63) is 93.4 Å². The Balaban J connectivity index is 1.26. The number of fused-ring (bicyclic) bond motifs is 4. The van der Waals surface area contributed by atoms with Crippen LogP contribution in [0, 0.1) is 24.6 Å². The molecule has 6 heteroatoms. The number of halogens is 1. The van der Waals surface area contributed by atoms with Gasteiger partial charge in [-0.15, -0.1) is 0 Å². The quantitative estimate of drug-likeness (QED) is 0.533. The van der Waals surface area contributed by atoms with E-state index in [-0.39, 0.29) is 42.1 Å². The van der Waals surface area contributed by atoms with Crippen LogP contribution in [-0.2, 0) is 17.8 Å². The Kier molecular flexibility index (Phi) is 5.18. The maximum atomic E-state index is 15.2. The third-order valence-electron chi connectivity index (χ3n) is 8.28. The van der Waals surface area contributed by atoms with E-state index in [1.807, 2.05) is 26.2 Å². The van der Waals surface area contributed by atoms with Gasteiger partial charge in [-0.2, -0.15) is 0 Å². The molecule has 2 aromatic carbocycles. The normalized spacial score (nSPS) is 25.8. The van der Waals surface area contributed by atoms with Gasteiger partial charge in [0.1, 0.15) is 12.4 Å². The molecule has 1 N–H and O–H groups in total. The van der Waals surface area contributed by atoms with Crippen LogP contribution in [0.5, 0.6) is 5.88 Å². The Labute approximate surface area is 204 Å². The molecule has 0 aliphatic heterocycles. The molecule has 1 aromatic heterocycles. The zero-order chi connectivity index (χ0) is 24.4. The van der Waals surface area contributed by atoms with E-state index in [0.29, 0.717) is 11.4 Å². The van der Waals surface area contributed by atoms with Crippen LogP contribution in [-0.4, -0.2) is 35.1 Å². The van der Waals surface area contributed by atoms with Crippen molar-refractivity contribution in [1.82, 2.24) is 9.88 Å². The number of hydrogen-bond donors (Lipinski definition) is 1. The summed E-state index contributed by atoms with van der Waals surface area (Å²) in [6.07, 6.45) is 3.41. The molecule has 1 heterocycles. The number of ether oxygens (including phenoxy) is 1. The average Bonchev–Trinajstić information content (AvgIpc) is 3.23. The summed E-state index contributed by atoms with van der Waals surface area (Å²) in [5.41, 5.74) is 7.40. The molecule has 5 atom stereocenters. The van der Waals surface area contributed by atoms with E-state index in [1.54, 1.807) is 12.3 Å². The summed E-state index contributed by atoms with van der Waals surface area (Å²) in [5.74, 6) is -0.323. The van der Waals surface area contributed by atoms with Gasteiger partial charge in [0.25, 0.3) is 0 Å². The summed E-state index contributed by atoms with van der Waals surface area (Å²) < 4.78 is 21.2. The molecule has 6 rings (SSSR count). The summed E-state index contributed by atoms with van der Waals surface area (Å²) in [6, 6.07) is 14.2. The Morgan fingerprint density at radius 1 is 1.14 bits per heavy atom. The molecule has 0 amide bonds. The minimum Gasteiger partial charge on any atom is -0.481 e. The molecule has 3 aromatic rings. The molecule has 0 spiro atoms. The van der Waals surface area contributed by atoms with Crippen LogP contribution in [0.1, 0.15) is 63.2 Å². The van der Waals surface area contributed by atoms with Crippen LogP contribution < -0.4 is 4.74 Å². The third kappa shape index (κ3) is 3.62. The lowest BCUT2D eigenvalue weighted by Crippen LogP contribution is -2.18. The smallest absolute Gasteiger partial charge is 0.307 e. The highest BCUT2D eigenvalue weighted by Gasteiger charge is 2.59. The van der Waals surface area contributed by atoms with Crippen LogP contribution >= 0.6 is 0 Å². The molecule has 0 unspecified atom stereocenters. The van der Waals surface area contributed by atoms with Crippen LogP contribution in [0.15, 0.2) is 48.7 Å². The number of rotatable bonds is 6. The number of carboxylic acids is 1. The maximum Gasteiger partial charge on any atom is 0.307 e. The number of nitrogens with zero attached hydrogens (tertiary/aromatic N) is 2. The van der Waals surface area contributed by atoms with Gasteiger partial charge in [0.15, 0.2) is 0 Å². The molecule has 3 aliphatic carbocycles. The van der Waals surface area contributed by atoms with Crippen molar-refractivity contribution in [2.24, 2.45) is 11.8 Å². The predicted octanol–water partition coefficient (Wildman–Crippen LogP) is 5.22. The minimum absolute atomic E-state index is 0.0845. The lowest BCUT2D eigenvalue weighted by atomic mass is 9.89. The van der Waals surface area contributed by atoms with Crippen molar-refractivity contribution in [3.8, 4) is 5.88 Å². The highest BCUT2D eigenvalue weighted by atomic mass is 19.1. The van der Waals surface area contributed by atoms with Crippen molar-refractivity contribution >= 4 is 5.97 Å². The van der Waals surface area contributed by atoms with Gasteiger partial charge in [-0.25, -0.2) is 9.37 Å². The van der Waals surface area contributed by atoms with Crippen LogP contribution in [0.4, 0.5) is 4.39 Å². The Bertz CT molecular complexity index is 1340. The average molecular weight is 473 g/mol. The second-order valence-electron chi connectivity index (χ2n) is 10.5. The lowest BCUT2D eigenvalue weighted by Gasteiger charge is -2.21. The van der Waals surface area contributed by atoms with Crippen LogP contribution in [0.2, 0.25) is 0 Å². The molecular formula is C29H29FN2O3. The zero-order valence-electron chi connectivity index (χ0n) is 20.2. The Morgan fingerprint density at radius 2 is 1.94 bits per heavy atom. The molecule has 0 bridgehead atoms. The Morgan fingerprint density at radius 3 is 2.69 bits per heavy atom. The first-order chi connectivity index (χ1) is 16.8. The highest BCUT2D eigenvalue weighted by molar-refractivity contribution is 5.77. The van der Waals surface area contributed by atoms with Crippen LogP contribution in [0.3, 0.4) is 0 Å². The number of pyridine rings is 1. The van der Waals surface area contributed by atoms with E-state index >= 15 is 4.39 Å². The fraction of sp³-hybridized carbons (Fsp3) is 0.379. The van der Waals surface area contributed by atoms with Gasteiger partial charge in [-0.3, -0.25) is 4.79 Å². The topological polar surface area (TPSA) is 62.7 Å². The van der Waals surface area contributed by atoms with Gasteiger partial charge in [-0.1, -0.05) is 24.3 Å². The number of hydrogen-bond acceptors (Lipinski definition) is 4. The molecule has 180 valence electrons. The first-order valence-corrected chi connectivity index (χ1v) is 12.2. The molecule has 3 aliphatic rings. The Hall–Kier alpha value is -3.25. The minimum atomic E-state index is -0.724. The number of aliphatic carboxylic acids is 1. The fourth-order valence-electron chi connectivity index (χ4n) is 6.43. The largest absolute Gasteiger partial charge is 0.481 e. The monoisotopic (exact) mass is 472 g/mol. The second-order valence-corrected chi connectivity index (χ2v) is 10.5. The SMILES string of the molecule is Cc1ccccc1[C@@H]1C[C@@H](N(C)C)c2cc(F)c(COc3cc4c(cn3)[C@H]3[C@@H](C4)[C@@H]3C(=O)O)cc21. The molecule has 0 saturated heterocycles. The molecular weight excluding hydrogens is 443 g/mol. The van der Waals surface area contributed by atoms with Gasteiger partial charge in [0.2, 0.25) is 5.88 Å². The van der Waals surface area contributed by atoms with E-state index in [4.69, 9.17) is 4.74 Å². The van der Waals surface area contributed by atoms with E-state index in [9.17, 15) is 9.90 Å². The lowest BCUT2D eigenvalue weighted by molar-refractivity contribution is -0.139. The van der Waals surface area contributed by atoms with Gasteiger partial charge in [-0.05, 0) is 85.3 Å². The van der Waals surface area contributed by atoms with Crippen molar-refractivity contribution < 1.29 is 19.0 Å². The van der Waals surface area contributed by atoms with Gasteiger partial charge < -0.3 is 14.7 Å². The first kappa shape index (κ1) is 22.2. The summed E-state index contributed by atoms with van der Waals surface area (Å²) in [6.45, 7) is 2.23. The summed E-state index contributed by atoms with van der Waals surface area (Å²) in [7, 11) is 4.09. The van der Waals surface area contributed by atoms with Crippen molar-refractivity contribution in [1.29, 1.82) is 0 Å².